The van der Waals surface area contributed by atoms with Gasteiger partial charge in [-0.05, 0) is 30.7 Å². The van der Waals surface area contributed by atoms with Gasteiger partial charge in [0.05, 0.1) is 5.02 Å². The van der Waals surface area contributed by atoms with Gasteiger partial charge in [0.2, 0.25) is 0 Å². The average molecular weight is 335 g/mol. The summed E-state index contributed by atoms with van der Waals surface area (Å²) in [5.41, 5.74) is 0.316. The molecular weight excluding hydrogens is 315 g/mol. The van der Waals surface area contributed by atoms with E-state index in [0.29, 0.717) is 29.6 Å². The molecule has 1 aromatic rings. The smallest absolute Gasteiger partial charge is 0.303 e. The van der Waals surface area contributed by atoms with Crippen LogP contribution in [0.1, 0.15) is 43.6 Å². The Hall–Kier alpha value is -1.20. The molecule has 3 N–H and O–H groups in total. The number of aromatic amines is 1. The maximum absolute atomic E-state index is 11.9. The van der Waals surface area contributed by atoms with Crippen LogP contribution in [0.4, 0.5) is 0 Å². The van der Waals surface area contributed by atoms with Crippen LogP contribution >= 0.6 is 23.2 Å². The van der Waals surface area contributed by atoms with E-state index in [2.05, 4.69) is 24.1 Å². The Bertz CT molecular complexity index is 481. The second-order valence-corrected chi connectivity index (χ2v) is 6.11. The van der Waals surface area contributed by atoms with Crippen LogP contribution in [-0.2, 0) is 4.79 Å². The number of hydrogen-bond donors (Lipinski definition) is 3. The molecule has 1 unspecified atom stereocenters. The molecule has 1 atom stereocenters. The number of carboxylic acid groups (broad SMARTS) is 1. The lowest BCUT2D eigenvalue weighted by atomic mass is 9.88. The predicted octanol–water partition coefficient (Wildman–Crippen LogP) is 3.58. The highest BCUT2D eigenvalue weighted by molar-refractivity contribution is 6.41. The van der Waals surface area contributed by atoms with E-state index in [1.165, 1.54) is 6.07 Å². The highest BCUT2D eigenvalue weighted by Crippen LogP contribution is 2.22. The SMILES string of the molecule is CC(C)C(CCNC(=O)c1cc(Cl)c(Cl)[nH]1)CCC(=O)O. The van der Waals surface area contributed by atoms with Crippen molar-refractivity contribution in [1.82, 2.24) is 10.3 Å². The number of rotatable bonds is 8. The highest BCUT2D eigenvalue weighted by atomic mass is 35.5. The molecule has 0 saturated carbocycles. The molecule has 0 fully saturated rings. The van der Waals surface area contributed by atoms with E-state index in [4.69, 9.17) is 28.3 Å². The zero-order valence-electron chi connectivity index (χ0n) is 12.1. The number of amides is 1. The van der Waals surface area contributed by atoms with Crippen LogP contribution in [0.2, 0.25) is 10.2 Å². The van der Waals surface area contributed by atoms with Crippen LogP contribution in [0.3, 0.4) is 0 Å². The first-order valence-corrected chi connectivity index (χ1v) is 7.60. The van der Waals surface area contributed by atoms with Crippen LogP contribution < -0.4 is 5.32 Å². The van der Waals surface area contributed by atoms with Gasteiger partial charge in [-0.1, -0.05) is 37.0 Å². The molecular formula is C14H20Cl2N2O3. The summed E-state index contributed by atoms with van der Waals surface area (Å²) < 4.78 is 0. The minimum Gasteiger partial charge on any atom is -0.481 e. The summed E-state index contributed by atoms with van der Waals surface area (Å²) in [6, 6.07) is 1.48. The topological polar surface area (TPSA) is 82.2 Å². The number of halogens is 2. The van der Waals surface area contributed by atoms with Gasteiger partial charge in [0.25, 0.3) is 5.91 Å². The van der Waals surface area contributed by atoms with E-state index < -0.39 is 5.97 Å². The Morgan fingerprint density at radius 3 is 2.48 bits per heavy atom. The Morgan fingerprint density at radius 1 is 1.33 bits per heavy atom. The zero-order chi connectivity index (χ0) is 16.0. The van der Waals surface area contributed by atoms with Crippen molar-refractivity contribution >= 4 is 35.1 Å². The number of aliphatic carboxylic acids is 1. The Kier molecular flexibility index (Phi) is 7.05. The molecule has 0 radical (unpaired) electrons. The predicted molar refractivity (Wildman–Crippen MR) is 83.0 cm³/mol. The second-order valence-electron chi connectivity index (χ2n) is 5.33. The number of nitrogens with one attached hydrogen (secondary N) is 2. The standard InChI is InChI=1S/C14H20Cl2N2O3/c1-8(2)9(3-4-12(19)20)5-6-17-14(21)11-7-10(15)13(16)18-11/h7-9,18H,3-6H2,1-2H3,(H,17,21)(H,19,20). The zero-order valence-corrected chi connectivity index (χ0v) is 13.6. The molecule has 0 aliphatic rings. The monoisotopic (exact) mass is 334 g/mol. The maximum Gasteiger partial charge on any atom is 0.303 e. The minimum absolute atomic E-state index is 0.151. The number of aromatic nitrogens is 1. The van der Waals surface area contributed by atoms with Gasteiger partial charge in [0, 0.05) is 13.0 Å². The van der Waals surface area contributed by atoms with Gasteiger partial charge >= 0.3 is 5.97 Å². The summed E-state index contributed by atoms with van der Waals surface area (Å²) in [4.78, 5) is 25.2. The molecule has 7 heteroatoms. The molecule has 0 aliphatic carbocycles. The van der Waals surface area contributed by atoms with Gasteiger partial charge < -0.3 is 15.4 Å². The molecule has 0 aliphatic heterocycles. The molecule has 1 amide bonds. The van der Waals surface area contributed by atoms with Gasteiger partial charge in [-0.3, -0.25) is 9.59 Å². The fourth-order valence-corrected chi connectivity index (χ4v) is 2.43. The highest BCUT2D eigenvalue weighted by Gasteiger charge is 2.16. The number of H-pyrrole nitrogens is 1. The number of carboxylic acids is 1. The molecule has 21 heavy (non-hydrogen) atoms. The van der Waals surface area contributed by atoms with Crippen LogP contribution in [0.15, 0.2) is 6.07 Å². The first-order valence-electron chi connectivity index (χ1n) is 6.85. The summed E-state index contributed by atoms with van der Waals surface area (Å²) in [6.07, 6.45) is 1.50. The van der Waals surface area contributed by atoms with Crippen molar-refractivity contribution in [2.75, 3.05) is 6.54 Å². The summed E-state index contributed by atoms with van der Waals surface area (Å²) in [5, 5.41) is 12.1. The van der Waals surface area contributed by atoms with E-state index >= 15 is 0 Å². The lowest BCUT2D eigenvalue weighted by Gasteiger charge is -2.20. The van der Waals surface area contributed by atoms with Crippen molar-refractivity contribution in [3.63, 3.8) is 0 Å². The van der Waals surface area contributed by atoms with Crippen LogP contribution in [0.5, 0.6) is 0 Å². The molecule has 1 rings (SSSR count). The fraction of sp³-hybridized carbons (Fsp3) is 0.571. The van der Waals surface area contributed by atoms with Crippen molar-refractivity contribution in [2.24, 2.45) is 11.8 Å². The van der Waals surface area contributed by atoms with Crippen LogP contribution in [0.25, 0.3) is 0 Å². The third kappa shape index (κ3) is 5.98. The lowest BCUT2D eigenvalue weighted by molar-refractivity contribution is -0.137. The quantitative estimate of drug-likeness (QED) is 0.679. The summed E-state index contributed by atoms with van der Waals surface area (Å²) in [7, 11) is 0. The van der Waals surface area contributed by atoms with Crippen molar-refractivity contribution < 1.29 is 14.7 Å². The Labute approximate surface area is 134 Å². The molecule has 1 heterocycles. The number of carbonyl (C=O) groups excluding carboxylic acids is 1. The van der Waals surface area contributed by atoms with E-state index in [9.17, 15) is 9.59 Å². The molecule has 0 saturated heterocycles. The van der Waals surface area contributed by atoms with Gasteiger partial charge in [0.15, 0.2) is 0 Å². The third-order valence-corrected chi connectivity index (χ3v) is 4.14. The molecule has 0 bridgehead atoms. The number of carbonyl (C=O) groups is 2. The fourth-order valence-electron chi connectivity index (χ4n) is 2.11. The minimum atomic E-state index is -0.791. The van der Waals surface area contributed by atoms with Gasteiger partial charge in [-0.25, -0.2) is 0 Å². The van der Waals surface area contributed by atoms with Crippen molar-refractivity contribution in [2.45, 2.75) is 33.1 Å². The second kappa shape index (κ2) is 8.29. The normalized spacial score (nSPS) is 12.4. The molecule has 1 aromatic heterocycles. The van der Waals surface area contributed by atoms with E-state index in [1.807, 2.05) is 0 Å². The molecule has 5 nitrogen and oxygen atoms in total. The first-order chi connectivity index (χ1) is 9.81. The first kappa shape index (κ1) is 17.9. The van der Waals surface area contributed by atoms with E-state index in [-0.39, 0.29) is 23.4 Å². The van der Waals surface area contributed by atoms with E-state index in [1.54, 1.807) is 0 Å². The summed E-state index contributed by atoms with van der Waals surface area (Å²) >= 11 is 11.5. The molecule has 0 aromatic carbocycles. The van der Waals surface area contributed by atoms with E-state index in [0.717, 1.165) is 6.42 Å². The van der Waals surface area contributed by atoms with Crippen molar-refractivity contribution in [3.05, 3.63) is 21.9 Å². The third-order valence-electron chi connectivity index (χ3n) is 3.44. The summed E-state index contributed by atoms with van der Waals surface area (Å²) in [5.74, 6) is -0.433. The lowest BCUT2D eigenvalue weighted by Crippen LogP contribution is -2.27. The molecule has 118 valence electrons. The summed E-state index contributed by atoms with van der Waals surface area (Å²) in [6.45, 7) is 4.59. The van der Waals surface area contributed by atoms with Crippen LogP contribution in [-0.4, -0.2) is 28.5 Å². The van der Waals surface area contributed by atoms with Crippen LogP contribution in [0, 0.1) is 11.8 Å². The average Bonchev–Trinajstić information content (AvgIpc) is 2.72. The number of hydrogen-bond acceptors (Lipinski definition) is 2. The van der Waals surface area contributed by atoms with Crippen molar-refractivity contribution in [1.29, 1.82) is 0 Å². The largest absolute Gasteiger partial charge is 0.481 e. The van der Waals surface area contributed by atoms with Gasteiger partial charge in [-0.2, -0.15) is 0 Å². The molecule has 0 spiro atoms. The maximum atomic E-state index is 11.9. The van der Waals surface area contributed by atoms with Crippen molar-refractivity contribution in [3.8, 4) is 0 Å². The van der Waals surface area contributed by atoms with Gasteiger partial charge in [0.1, 0.15) is 10.8 Å². The Morgan fingerprint density at radius 2 is 2.00 bits per heavy atom. The van der Waals surface area contributed by atoms with Gasteiger partial charge in [-0.15, -0.1) is 0 Å². The Balaban J connectivity index is 2.42.